The van der Waals surface area contributed by atoms with Crippen LogP contribution in [0.25, 0.3) is 0 Å². The van der Waals surface area contributed by atoms with Crippen molar-refractivity contribution < 1.29 is 4.79 Å². The van der Waals surface area contributed by atoms with Gasteiger partial charge in [0.1, 0.15) is 0 Å². The van der Waals surface area contributed by atoms with Gasteiger partial charge in [0.2, 0.25) is 5.91 Å². The van der Waals surface area contributed by atoms with E-state index in [1.54, 1.807) is 6.08 Å². The van der Waals surface area contributed by atoms with Gasteiger partial charge in [0.25, 0.3) is 0 Å². The Bertz CT molecular complexity index is 244. The highest BCUT2D eigenvalue weighted by Gasteiger charge is 2.23. The number of rotatable bonds is 3. The van der Waals surface area contributed by atoms with E-state index in [9.17, 15) is 4.79 Å². The summed E-state index contributed by atoms with van der Waals surface area (Å²) in [5.74, 6) is 0.669. The van der Waals surface area contributed by atoms with Crippen molar-refractivity contribution in [2.75, 3.05) is 13.1 Å². The highest BCUT2D eigenvalue weighted by molar-refractivity contribution is 5.88. The van der Waals surface area contributed by atoms with E-state index in [4.69, 9.17) is 0 Å². The zero-order valence-electron chi connectivity index (χ0n) is 9.97. The fraction of sp³-hybridized carbons (Fsp3) is 0.750. The van der Waals surface area contributed by atoms with E-state index in [2.05, 4.69) is 17.6 Å². The van der Waals surface area contributed by atoms with Crippen LogP contribution >= 0.6 is 0 Å². The van der Waals surface area contributed by atoms with Crippen molar-refractivity contribution >= 4 is 5.91 Å². The molecule has 1 rings (SSSR count). The summed E-state index contributed by atoms with van der Waals surface area (Å²) in [6.07, 6.45) is 3.97. The molecule has 3 nitrogen and oxygen atoms in total. The lowest BCUT2D eigenvalue weighted by Crippen LogP contribution is -2.50. The van der Waals surface area contributed by atoms with Crippen molar-refractivity contribution in [3.05, 3.63) is 11.6 Å². The standard InChI is InChI=1S/C12H22N2O/c1-4-10-5-6-13-8-11(10)14-12(15)7-9(2)3/h7,10-11,13H,4-6,8H2,1-3H3,(H,14,15). The Morgan fingerprint density at radius 3 is 2.87 bits per heavy atom. The Labute approximate surface area is 92.3 Å². The van der Waals surface area contributed by atoms with Gasteiger partial charge in [0.05, 0.1) is 0 Å². The second kappa shape index (κ2) is 5.91. The molecule has 0 aromatic heterocycles. The third-order valence-electron chi connectivity index (χ3n) is 2.90. The van der Waals surface area contributed by atoms with Crippen LogP contribution < -0.4 is 10.6 Å². The number of piperidine rings is 1. The summed E-state index contributed by atoms with van der Waals surface area (Å²) in [5, 5.41) is 6.40. The van der Waals surface area contributed by atoms with E-state index in [0.717, 1.165) is 31.5 Å². The first-order chi connectivity index (χ1) is 7.13. The number of hydrogen-bond donors (Lipinski definition) is 2. The Balaban J connectivity index is 2.48. The zero-order chi connectivity index (χ0) is 11.3. The lowest BCUT2D eigenvalue weighted by molar-refractivity contribution is -0.117. The van der Waals surface area contributed by atoms with Crippen molar-refractivity contribution in [3.8, 4) is 0 Å². The summed E-state index contributed by atoms with van der Waals surface area (Å²) in [6, 6.07) is 0.298. The maximum atomic E-state index is 11.6. The second-order valence-electron chi connectivity index (χ2n) is 4.50. The minimum absolute atomic E-state index is 0.0437. The molecule has 0 spiro atoms. The van der Waals surface area contributed by atoms with E-state index in [0.29, 0.717) is 12.0 Å². The van der Waals surface area contributed by atoms with Gasteiger partial charge < -0.3 is 10.6 Å². The van der Waals surface area contributed by atoms with Gasteiger partial charge in [-0.25, -0.2) is 0 Å². The van der Waals surface area contributed by atoms with Crippen LogP contribution in [0.15, 0.2) is 11.6 Å². The van der Waals surface area contributed by atoms with Crippen LogP contribution in [0, 0.1) is 5.92 Å². The molecule has 0 saturated carbocycles. The van der Waals surface area contributed by atoms with E-state index < -0.39 is 0 Å². The summed E-state index contributed by atoms with van der Waals surface area (Å²) in [7, 11) is 0. The monoisotopic (exact) mass is 210 g/mol. The summed E-state index contributed by atoms with van der Waals surface area (Å²) < 4.78 is 0. The average molecular weight is 210 g/mol. The first-order valence-electron chi connectivity index (χ1n) is 5.79. The van der Waals surface area contributed by atoms with Crippen LogP contribution in [0.2, 0.25) is 0 Å². The van der Waals surface area contributed by atoms with Crippen LogP contribution in [-0.2, 0) is 4.79 Å². The molecule has 1 fully saturated rings. The van der Waals surface area contributed by atoms with Crippen LogP contribution in [0.5, 0.6) is 0 Å². The SMILES string of the molecule is CCC1CCNCC1NC(=O)C=C(C)C. The van der Waals surface area contributed by atoms with Crippen molar-refractivity contribution in [2.24, 2.45) is 5.92 Å². The van der Waals surface area contributed by atoms with Crippen LogP contribution in [0.3, 0.4) is 0 Å². The fourth-order valence-corrected chi connectivity index (χ4v) is 2.06. The molecule has 1 aliphatic rings. The maximum absolute atomic E-state index is 11.6. The molecule has 1 amide bonds. The molecule has 1 saturated heterocycles. The number of allylic oxidation sites excluding steroid dienone is 1. The van der Waals surface area contributed by atoms with Crippen LogP contribution in [0.4, 0.5) is 0 Å². The van der Waals surface area contributed by atoms with Gasteiger partial charge in [-0.2, -0.15) is 0 Å². The molecule has 0 aromatic rings. The number of amides is 1. The van der Waals surface area contributed by atoms with Gasteiger partial charge in [-0.15, -0.1) is 0 Å². The minimum atomic E-state index is 0.0437. The van der Waals surface area contributed by atoms with Gasteiger partial charge in [-0.05, 0) is 32.7 Å². The lowest BCUT2D eigenvalue weighted by atomic mass is 9.90. The minimum Gasteiger partial charge on any atom is -0.348 e. The molecular formula is C12H22N2O. The van der Waals surface area contributed by atoms with Crippen LogP contribution in [0.1, 0.15) is 33.6 Å². The average Bonchev–Trinajstić information content (AvgIpc) is 2.17. The molecule has 15 heavy (non-hydrogen) atoms. The van der Waals surface area contributed by atoms with Gasteiger partial charge in [-0.1, -0.05) is 18.9 Å². The molecule has 86 valence electrons. The summed E-state index contributed by atoms with van der Waals surface area (Å²) in [5.41, 5.74) is 1.05. The second-order valence-corrected chi connectivity index (χ2v) is 4.50. The summed E-state index contributed by atoms with van der Waals surface area (Å²) in [4.78, 5) is 11.6. The number of nitrogens with one attached hydrogen (secondary N) is 2. The van der Waals surface area contributed by atoms with E-state index in [-0.39, 0.29) is 5.91 Å². The third-order valence-corrected chi connectivity index (χ3v) is 2.90. The normalized spacial score (nSPS) is 25.8. The number of carbonyl (C=O) groups is 1. The van der Waals surface area contributed by atoms with Gasteiger partial charge >= 0.3 is 0 Å². The van der Waals surface area contributed by atoms with E-state index in [1.807, 2.05) is 13.8 Å². The van der Waals surface area contributed by atoms with Gasteiger partial charge in [0, 0.05) is 18.7 Å². The highest BCUT2D eigenvalue weighted by Crippen LogP contribution is 2.16. The predicted molar refractivity (Wildman–Crippen MR) is 62.6 cm³/mol. The van der Waals surface area contributed by atoms with E-state index >= 15 is 0 Å². The first-order valence-corrected chi connectivity index (χ1v) is 5.79. The lowest BCUT2D eigenvalue weighted by Gasteiger charge is -2.31. The van der Waals surface area contributed by atoms with Gasteiger partial charge in [-0.3, -0.25) is 4.79 Å². The molecule has 0 radical (unpaired) electrons. The van der Waals surface area contributed by atoms with Crippen LogP contribution in [-0.4, -0.2) is 25.0 Å². The Morgan fingerprint density at radius 2 is 2.27 bits per heavy atom. The topological polar surface area (TPSA) is 41.1 Å². The number of carbonyl (C=O) groups excluding carboxylic acids is 1. The Morgan fingerprint density at radius 1 is 1.53 bits per heavy atom. The molecule has 0 aromatic carbocycles. The predicted octanol–water partition coefficient (Wildman–Crippen LogP) is 1.46. The third kappa shape index (κ3) is 4.04. The first kappa shape index (κ1) is 12.2. The van der Waals surface area contributed by atoms with E-state index in [1.165, 1.54) is 0 Å². The van der Waals surface area contributed by atoms with Crippen molar-refractivity contribution in [1.82, 2.24) is 10.6 Å². The quantitative estimate of drug-likeness (QED) is 0.692. The zero-order valence-corrected chi connectivity index (χ0v) is 9.97. The largest absolute Gasteiger partial charge is 0.348 e. The smallest absolute Gasteiger partial charge is 0.244 e. The number of hydrogen-bond acceptors (Lipinski definition) is 2. The molecular weight excluding hydrogens is 188 g/mol. The molecule has 1 heterocycles. The van der Waals surface area contributed by atoms with Gasteiger partial charge in [0.15, 0.2) is 0 Å². The summed E-state index contributed by atoms with van der Waals surface area (Å²) >= 11 is 0. The molecule has 0 bridgehead atoms. The highest BCUT2D eigenvalue weighted by atomic mass is 16.1. The molecule has 0 aliphatic carbocycles. The fourth-order valence-electron chi connectivity index (χ4n) is 2.06. The molecule has 1 aliphatic heterocycles. The Hall–Kier alpha value is -0.830. The maximum Gasteiger partial charge on any atom is 0.244 e. The molecule has 2 N–H and O–H groups in total. The van der Waals surface area contributed by atoms with Crippen molar-refractivity contribution in [1.29, 1.82) is 0 Å². The Kier molecular flexibility index (Phi) is 4.82. The molecule has 2 unspecified atom stereocenters. The summed E-state index contributed by atoms with van der Waals surface area (Å²) in [6.45, 7) is 8.05. The van der Waals surface area contributed by atoms with Crippen molar-refractivity contribution in [3.63, 3.8) is 0 Å². The molecule has 2 atom stereocenters. The molecule has 3 heteroatoms. The van der Waals surface area contributed by atoms with Crippen molar-refractivity contribution in [2.45, 2.75) is 39.7 Å².